The van der Waals surface area contributed by atoms with E-state index in [-0.39, 0.29) is 0 Å². The molecule has 0 radical (unpaired) electrons. The molecule has 96 valence electrons. The lowest BCUT2D eigenvalue weighted by Gasteiger charge is -2.01. The second kappa shape index (κ2) is 4.51. The van der Waals surface area contributed by atoms with Crippen molar-refractivity contribution < 1.29 is 0 Å². The van der Waals surface area contributed by atoms with E-state index in [0.717, 1.165) is 26.8 Å². The third kappa shape index (κ3) is 2.09. The van der Waals surface area contributed by atoms with Crippen LogP contribution in [0.25, 0.3) is 16.7 Å². The highest BCUT2D eigenvalue weighted by atomic mass is 79.9. The van der Waals surface area contributed by atoms with E-state index in [1.54, 1.807) is 16.9 Å². The summed E-state index contributed by atoms with van der Waals surface area (Å²) < 4.78 is 0.780. The molecule has 2 N–H and O–H groups in total. The predicted molar refractivity (Wildman–Crippen MR) is 80.7 cm³/mol. The van der Waals surface area contributed by atoms with Gasteiger partial charge in [0.2, 0.25) is 0 Å². The van der Waals surface area contributed by atoms with Gasteiger partial charge in [0.05, 0.1) is 15.8 Å². The molecule has 0 amide bonds. The van der Waals surface area contributed by atoms with Gasteiger partial charge in [-0.3, -0.25) is 0 Å². The average molecular weight is 338 g/mol. The number of rotatable bonds is 1. The molecule has 0 unspecified atom stereocenters. The van der Waals surface area contributed by atoms with Crippen molar-refractivity contribution in [3.8, 4) is 5.69 Å². The summed E-state index contributed by atoms with van der Waals surface area (Å²) in [6.07, 6.45) is 0. The summed E-state index contributed by atoms with van der Waals surface area (Å²) in [4.78, 5) is 1.57. The van der Waals surface area contributed by atoms with Crippen molar-refractivity contribution in [2.45, 2.75) is 6.92 Å². The number of anilines is 1. The van der Waals surface area contributed by atoms with Crippen LogP contribution in [0.4, 0.5) is 5.69 Å². The van der Waals surface area contributed by atoms with Gasteiger partial charge in [-0.25, -0.2) is 0 Å². The van der Waals surface area contributed by atoms with Crippen LogP contribution in [0.1, 0.15) is 5.56 Å². The van der Waals surface area contributed by atoms with Crippen molar-refractivity contribution >= 4 is 44.3 Å². The van der Waals surface area contributed by atoms with Crippen molar-refractivity contribution in [1.82, 2.24) is 15.0 Å². The van der Waals surface area contributed by atoms with E-state index in [0.29, 0.717) is 10.7 Å². The van der Waals surface area contributed by atoms with Gasteiger partial charge in [-0.1, -0.05) is 11.6 Å². The molecule has 3 aromatic rings. The Morgan fingerprint density at radius 2 is 1.89 bits per heavy atom. The number of nitrogens with two attached hydrogens (primary N) is 1. The zero-order valence-corrected chi connectivity index (χ0v) is 12.4. The molecular weight excluding hydrogens is 328 g/mol. The molecule has 0 aliphatic carbocycles. The van der Waals surface area contributed by atoms with E-state index in [9.17, 15) is 0 Å². The summed E-state index contributed by atoms with van der Waals surface area (Å²) in [5.41, 5.74) is 10.0. The molecule has 6 heteroatoms. The monoisotopic (exact) mass is 336 g/mol. The van der Waals surface area contributed by atoms with Crippen LogP contribution in [0.15, 0.2) is 34.8 Å². The maximum absolute atomic E-state index is 5.97. The summed E-state index contributed by atoms with van der Waals surface area (Å²) >= 11 is 9.34. The van der Waals surface area contributed by atoms with Crippen molar-refractivity contribution in [1.29, 1.82) is 0 Å². The van der Waals surface area contributed by atoms with E-state index in [1.807, 2.05) is 25.1 Å². The molecule has 0 spiro atoms. The van der Waals surface area contributed by atoms with Crippen LogP contribution in [-0.4, -0.2) is 15.0 Å². The summed E-state index contributed by atoms with van der Waals surface area (Å²) in [6.45, 7) is 1.95. The van der Waals surface area contributed by atoms with Gasteiger partial charge >= 0.3 is 0 Å². The van der Waals surface area contributed by atoms with Crippen LogP contribution in [0, 0.1) is 6.92 Å². The lowest BCUT2D eigenvalue weighted by Crippen LogP contribution is -1.97. The highest BCUT2D eigenvalue weighted by Gasteiger charge is 2.12. The van der Waals surface area contributed by atoms with Gasteiger partial charge < -0.3 is 5.73 Å². The third-order valence-corrected chi connectivity index (χ3v) is 3.97. The average Bonchev–Trinajstić information content (AvgIpc) is 2.81. The van der Waals surface area contributed by atoms with Gasteiger partial charge in [0.15, 0.2) is 0 Å². The first-order valence-corrected chi connectivity index (χ1v) is 6.81. The van der Waals surface area contributed by atoms with Gasteiger partial charge in [-0.05, 0) is 58.7 Å². The maximum Gasteiger partial charge on any atom is 0.129 e. The second-order valence-electron chi connectivity index (χ2n) is 4.25. The molecule has 0 aliphatic rings. The molecule has 4 nitrogen and oxygen atoms in total. The molecule has 0 saturated carbocycles. The Labute approximate surface area is 123 Å². The Morgan fingerprint density at radius 3 is 2.58 bits per heavy atom. The van der Waals surface area contributed by atoms with E-state index in [4.69, 9.17) is 17.3 Å². The number of hydrogen-bond donors (Lipinski definition) is 1. The van der Waals surface area contributed by atoms with Crippen LogP contribution in [0.2, 0.25) is 5.02 Å². The first-order valence-electron chi connectivity index (χ1n) is 5.64. The third-order valence-electron chi connectivity index (χ3n) is 2.92. The van der Waals surface area contributed by atoms with E-state index < -0.39 is 0 Å². The SMILES string of the molecule is Cc1cc2nn(-c3ccc(Cl)cc3)nc2c(Br)c1N. The maximum atomic E-state index is 5.97. The number of hydrogen-bond acceptors (Lipinski definition) is 3. The number of aryl methyl sites for hydroxylation is 1. The summed E-state index contributed by atoms with van der Waals surface area (Å²) in [5, 5.41) is 9.58. The molecule has 2 aromatic carbocycles. The highest BCUT2D eigenvalue weighted by molar-refractivity contribution is 9.10. The fraction of sp³-hybridized carbons (Fsp3) is 0.0769. The fourth-order valence-electron chi connectivity index (χ4n) is 1.84. The number of fused-ring (bicyclic) bond motifs is 1. The second-order valence-corrected chi connectivity index (χ2v) is 5.48. The van der Waals surface area contributed by atoms with Gasteiger partial charge in [-0.15, -0.1) is 10.2 Å². The van der Waals surface area contributed by atoms with Crippen LogP contribution in [0.5, 0.6) is 0 Å². The van der Waals surface area contributed by atoms with Crippen molar-refractivity contribution in [3.63, 3.8) is 0 Å². The zero-order valence-electron chi connectivity index (χ0n) is 10.1. The number of benzene rings is 2. The molecule has 0 bridgehead atoms. The lowest BCUT2D eigenvalue weighted by atomic mass is 10.2. The first kappa shape index (κ1) is 12.4. The van der Waals surface area contributed by atoms with Gasteiger partial charge in [0.1, 0.15) is 11.0 Å². The zero-order chi connectivity index (χ0) is 13.6. The predicted octanol–water partition coefficient (Wildman–Crippen LogP) is 3.73. The van der Waals surface area contributed by atoms with Crippen molar-refractivity contribution in [3.05, 3.63) is 45.4 Å². The highest BCUT2D eigenvalue weighted by Crippen LogP contribution is 2.30. The largest absolute Gasteiger partial charge is 0.398 e. The minimum absolute atomic E-state index is 0.682. The Morgan fingerprint density at radius 1 is 1.21 bits per heavy atom. The Hall–Kier alpha value is -1.59. The molecule has 3 rings (SSSR count). The van der Waals surface area contributed by atoms with E-state index in [1.165, 1.54) is 0 Å². The molecule has 0 saturated heterocycles. The van der Waals surface area contributed by atoms with Gasteiger partial charge in [0, 0.05) is 5.02 Å². The van der Waals surface area contributed by atoms with E-state index >= 15 is 0 Å². The van der Waals surface area contributed by atoms with Crippen molar-refractivity contribution in [2.75, 3.05) is 5.73 Å². The smallest absolute Gasteiger partial charge is 0.129 e. The van der Waals surface area contributed by atoms with E-state index in [2.05, 4.69) is 26.1 Å². The molecule has 0 atom stereocenters. The Bertz CT molecular complexity index is 764. The number of halogens is 2. The molecule has 0 fully saturated rings. The first-order chi connectivity index (χ1) is 9.06. The summed E-state index contributed by atoms with van der Waals surface area (Å²) in [6, 6.07) is 9.27. The minimum Gasteiger partial charge on any atom is -0.398 e. The summed E-state index contributed by atoms with van der Waals surface area (Å²) in [5.74, 6) is 0. The van der Waals surface area contributed by atoms with Crippen LogP contribution < -0.4 is 5.73 Å². The van der Waals surface area contributed by atoms with Gasteiger partial charge in [0.25, 0.3) is 0 Å². The van der Waals surface area contributed by atoms with Crippen LogP contribution in [-0.2, 0) is 0 Å². The Balaban J connectivity index is 2.22. The topological polar surface area (TPSA) is 56.7 Å². The standard InChI is InChI=1S/C13H10BrClN4/c1-7-6-10-13(11(14)12(7)16)18-19(17-10)9-4-2-8(15)3-5-9/h2-6H,16H2,1H3. The quantitative estimate of drug-likeness (QED) is 0.688. The summed E-state index contributed by atoms with van der Waals surface area (Å²) in [7, 11) is 0. The minimum atomic E-state index is 0.682. The fourth-order valence-corrected chi connectivity index (χ4v) is 2.57. The number of nitrogens with zero attached hydrogens (tertiary/aromatic N) is 3. The molecule has 19 heavy (non-hydrogen) atoms. The molecule has 1 heterocycles. The molecular formula is C13H10BrClN4. The van der Waals surface area contributed by atoms with Crippen LogP contribution >= 0.6 is 27.5 Å². The van der Waals surface area contributed by atoms with Crippen LogP contribution in [0.3, 0.4) is 0 Å². The number of nitrogen functional groups attached to an aromatic ring is 1. The lowest BCUT2D eigenvalue weighted by molar-refractivity contribution is 0.765. The number of aromatic nitrogens is 3. The Kier molecular flexibility index (Phi) is 2.95. The van der Waals surface area contributed by atoms with Gasteiger partial charge in [-0.2, -0.15) is 4.80 Å². The molecule has 0 aliphatic heterocycles. The molecule has 1 aromatic heterocycles. The van der Waals surface area contributed by atoms with Crippen molar-refractivity contribution in [2.24, 2.45) is 0 Å². The normalized spacial score (nSPS) is 11.1.